The fraction of sp³-hybridized carbons (Fsp3) is 0.364. The molecule has 84 valence electrons. The molecule has 0 unspecified atom stereocenters. The summed E-state index contributed by atoms with van der Waals surface area (Å²) in [5.41, 5.74) is 1.49. The molecule has 1 N–H and O–H groups in total. The summed E-state index contributed by atoms with van der Waals surface area (Å²) in [4.78, 5) is 25.5. The third-order valence-electron chi connectivity index (χ3n) is 2.25. The standard InChI is InChI=1S/C11H12N2O3/c1-4-16-11(15)9-6(2)10(8(14)5-12)13-7(9)3/h13H,4H2,1-3H3. The average molecular weight is 220 g/mol. The molecule has 0 aliphatic carbocycles. The number of esters is 1. The molecule has 0 fully saturated rings. The molecule has 5 heteroatoms. The second-order valence-corrected chi connectivity index (χ2v) is 3.29. The number of ketones is 1. The first-order chi connectivity index (χ1) is 7.52. The van der Waals surface area contributed by atoms with Crippen LogP contribution in [-0.4, -0.2) is 23.3 Å². The molecule has 16 heavy (non-hydrogen) atoms. The van der Waals surface area contributed by atoms with E-state index in [1.54, 1.807) is 20.8 Å². The van der Waals surface area contributed by atoms with Gasteiger partial charge in [0.05, 0.1) is 12.2 Å². The van der Waals surface area contributed by atoms with E-state index in [1.165, 1.54) is 6.07 Å². The van der Waals surface area contributed by atoms with Crippen molar-refractivity contribution < 1.29 is 14.3 Å². The molecule has 5 nitrogen and oxygen atoms in total. The number of carbonyl (C=O) groups excluding carboxylic acids is 2. The smallest absolute Gasteiger partial charge is 0.340 e. The number of nitriles is 1. The average Bonchev–Trinajstić information content (AvgIpc) is 2.53. The molecular formula is C11H12N2O3. The van der Waals surface area contributed by atoms with Crippen molar-refractivity contribution in [2.75, 3.05) is 6.61 Å². The van der Waals surface area contributed by atoms with Crippen molar-refractivity contribution in [3.05, 3.63) is 22.5 Å². The number of aromatic amines is 1. The number of nitrogens with one attached hydrogen (secondary N) is 1. The maximum absolute atomic E-state index is 11.6. The number of carbonyl (C=O) groups is 2. The summed E-state index contributed by atoms with van der Waals surface area (Å²) in [5.74, 6) is -1.16. The number of Topliss-reactive ketones (excluding diaryl/α,β-unsaturated/α-hetero) is 1. The number of H-pyrrole nitrogens is 1. The van der Waals surface area contributed by atoms with Crippen LogP contribution in [0.25, 0.3) is 0 Å². The van der Waals surface area contributed by atoms with E-state index in [2.05, 4.69) is 4.98 Å². The highest BCUT2D eigenvalue weighted by Gasteiger charge is 2.22. The lowest BCUT2D eigenvalue weighted by atomic mass is 10.1. The van der Waals surface area contributed by atoms with Crippen molar-refractivity contribution >= 4 is 11.8 Å². The fourth-order valence-electron chi connectivity index (χ4n) is 1.54. The summed E-state index contributed by atoms with van der Waals surface area (Å²) in [7, 11) is 0. The van der Waals surface area contributed by atoms with Crippen LogP contribution in [0.3, 0.4) is 0 Å². The van der Waals surface area contributed by atoms with Crippen molar-refractivity contribution in [2.24, 2.45) is 0 Å². The Labute approximate surface area is 93.0 Å². The number of aromatic nitrogens is 1. The number of hydrogen-bond donors (Lipinski definition) is 1. The molecule has 0 atom stereocenters. The van der Waals surface area contributed by atoms with Gasteiger partial charge in [-0.1, -0.05) is 0 Å². The van der Waals surface area contributed by atoms with Gasteiger partial charge in [-0.05, 0) is 26.3 Å². The number of aryl methyl sites for hydroxylation is 1. The van der Waals surface area contributed by atoms with E-state index >= 15 is 0 Å². The van der Waals surface area contributed by atoms with E-state index in [4.69, 9.17) is 10.00 Å². The van der Waals surface area contributed by atoms with Gasteiger partial charge in [0.15, 0.2) is 0 Å². The highest BCUT2D eigenvalue weighted by atomic mass is 16.5. The maximum Gasteiger partial charge on any atom is 0.340 e. The van der Waals surface area contributed by atoms with Crippen LogP contribution in [0.2, 0.25) is 0 Å². The zero-order chi connectivity index (χ0) is 12.3. The summed E-state index contributed by atoms with van der Waals surface area (Å²) < 4.78 is 4.86. The van der Waals surface area contributed by atoms with E-state index in [1.807, 2.05) is 0 Å². The van der Waals surface area contributed by atoms with Crippen LogP contribution >= 0.6 is 0 Å². The van der Waals surface area contributed by atoms with Crippen molar-refractivity contribution in [3.8, 4) is 6.07 Å². The zero-order valence-corrected chi connectivity index (χ0v) is 9.38. The normalized spacial score (nSPS) is 9.62. The minimum atomic E-state index is -0.684. The van der Waals surface area contributed by atoms with Crippen LogP contribution in [0.1, 0.15) is 39.0 Å². The van der Waals surface area contributed by atoms with Crippen molar-refractivity contribution in [1.82, 2.24) is 4.98 Å². The lowest BCUT2D eigenvalue weighted by Crippen LogP contribution is -2.07. The monoisotopic (exact) mass is 220 g/mol. The van der Waals surface area contributed by atoms with Crippen LogP contribution in [-0.2, 0) is 4.74 Å². The Balaban J connectivity index is 3.23. The van der Waals surface area contributed by atoms with Gasteiger partial charge >= 0.3 is 5.97 Å². The van der Waals surface area contributed by atoms with Gasteiger partial charge in [0.25, 0.3) is 5.78 Å². The predicted octanol–water partition coefficient (Wildman–Crippen LogP) is 1.51. The molecular weight excluding hydrogens is 208 g/mol. The van der Waals surface area contributed by atoms with Gasteiger partial charge in [0.2, 0.25) is 0 Å². The molecule has 0 amide bonds. The van der Waals surface area contributed by atoms with Crippen LogP contribution < -0.4 is 0 Å². The molecule has 0 saturated heterocycles. The minimum absolute atomic E-state index is 0.156. The third-order valence-corrected chi connectivity index (χ3v) is 2.25. The first kappa shape index (κ1) is 12.0. The Bertz CT molecular complexity index is 480. The molecule has 0 spiro atoms. The topological polar surface area (TPSA) is 83.0 Å². The van der Waals surface area contributed by atoms with Crippen LogP contribution in [0.5, 0.6) is 0 Å². The van der Waals surface area contributed by atoms with E-state index in [9.17, 15) is 9.59 Å². The Morgan fingerprint density at radius 1 is 1.44 bits per heavy atom. The summed E-state index contributed by atoms with van der Waals surface area (Å²) in [6, 6.07) is 1.51. The molecule has 1 rings (SSSR count). The van der Waals surface area contributed by atoms with Crippen molar-refractivity contribution in [3.63, 3.8) is 0 Å². The van der Waals surface area contributed by atoms with Crippen molar-refractivity contribution in [1.29, 1.82) is 5.26 Å². The van der Waals surface area contributed by atoms with Gasteiger partial charge in [0.1, 0.15) is 11.8 Å². The molecule has 0 radical (unpaired) electrons. The number of rotatable bonds is 3. The summed E-state index contributed by atoms with van der Waals surface area (Å²) in [6.45, 7) is 5.24. The molecule has 0 aliphatic heterocycles. The molecule has 0 aromatic carbocycles. The highest BCUT2D eigenvalue weighted by Crippen LogP contribution is 2.19. The first-order valence-corrected chi connectivity index (χ1v) is 4.83. The van der Waals surface area contributed by atoms with Gasteiger partial charge in [-0.15, -0.1) is 0 Å². The fourth-order valence-corrected chi connectivity index (χ4v) is 1.54. The Kier molecular flexibility index (Phi) is 3.46. The SMILES string of the molecule is CCOC(=O)c1c(C)[nH]c(C(=O)C#N)c1C. The van der Waals surface area contributed by atoms with E-state index in [-0.39, 0.29) is 12.3 Å². The second-order valence-electron chi connectivity index (χ2n) is 3.29. The highest BCUT2D eigenvalue weighted by molar-refractivity contribution is 6.09. The predicted molar refractivity (Wildman–Crippen MR) is 56.2 cm³/mol. The van der Waals surface area contributed by atoms with E-state index in [0.29, 0.717) is 16.8 Å². The largest absolute Gasteiger partial charge is 0.462 e. The Hall–Kier alpha value is -2.09. The molecule has 1 heterocycles. The minimum Gasteiger partial charge on any atom is -0.462 e. The molecule has 1 aromatic heterocycles. The first-order valence-electron chi connectivity index (χ1n) is 4.83. The third kappa shape index (κ3) is 1.96. The summed E-state index contributed by atoms with van der Waals surface area (Å²) in [6.07, 6.45) is 0. The van der Waals surface area contributed by atoms with Crippen LogP contribution in [0.4, 0.5) is 0 Å². The van der Waals surface area contributed by atoms with Crippen LogP contribution in [0.15, 0.2) is 0 Å². The lowest BCUT2D eigenvalue weighted by Gasteiger charge is -2.01. The van der Waals surface area contributed by atoms with Crippen LogP contribution in [0, 0.1) is 25.2 Å². The van der Waals surface area contributed by atoms with Gasteiger partial charge in [-0.2, -0.15) is 5.26 Å². The Morgan fingerprint density at radius 2 is 2.06 bits per heavy atom. The number of hydrogen-bond acceptors (Lipinski definition) is 4. The van der Waals surface area contributed by atoms with Gasteiger partial charge in [0, 0.05) is 5.69 Å². The lowest BCUT2D eigenvalue weighted by molar-refractivity contribution is 0.0525. The molecule has 0 saturated carbocycles. The summed E-state index contributed by atoms with van der Waals surface area (Å²) >= 11 is 0. The quantitative estimate of drug-likeness (QED) is 0.475. The molecule has 1 aromatic rings. The number of nitrogens with zero attached hydrogens (tertiary/aromatic N) is 1. The number of ether oxygens (including phenoxy) is 1. The second kappa shape index (κ2) is 4.62. The zero-order valence-electron chi connectivity index (χ0n) is 9.38. The summed E-state index contributed by atoms with van der Waals surface area (Å²) in [5, 5.41) is 8.52. The van der Waals surface area contributed by atoms with Gasteiger partial charge in [-0.3, -0.25) is 4.79 Å². The molecule has 0 aliphatic rings. The van der Waals surface area contributed by atoms with Gasteiger partial charge < -0.3 is 9.72 Å². The Morgan fingerprint density at radius 3 is 2.56 bits per heavy atom. The maximum atomic E-state index is 11.6. The molecule has 0 bridgehead atoms. The van der Waals surface area contributed by atoms with E-state index in [0.717, 1.165) is 0 Å². The van der Waals surface area contributed by atoms with Gasteiger partial charge in [-0.25, -0.2) is 4.79 Å². The van der Waals surface area contributed by atoms with E-state index < -0.39 is 11.8 Å². The van der Waals surface area contributed by atoms with Crippen molar-refractivity contribution in [2.45, 2.75) is 20.8 Å².